The topological polar surface area (TPSA) is 200 Å². The van der Waals surface area contributed by atoms with Crippen LogP contribution in [0.1, 0.15) is 0 Å². The molecule has 0 radical (unpaired) electrons. The summed E-state index contributed by atoms with van der Waals surface area (Å²) in [5, 5.41) is 26.6. The Morgan fingerprint density at radius 1 is 0.812 bits per heavy atom. The first kappa shape index (κ1) is 24.3. The summed E-state index contributed by atoms with van der Waals surface area (Å²) in [5.74, 6) is -1.44. The van der Waals surface area contributed by atoms with Gasteiger partial charge in [0.2, 0.25) is 0 Å². The second-order valence-electron chi connectivity index (χ2n) is 6.14. The van der Waals surface area contributed by atoms with E-state index in [2.05, 4.69) is 10.2 Å². The van der Waals surface area contributed by atoms with E-state index in [1.807, 2.05) is 0 Å². The SMILES string of the molecule is Nc1c(S(=O)(=O)O)cc(S(=O)(=O)O)c2ccc(N=Nc3c(O)c(Cl)cc(Cl)c3Cl)c(O)c12. The van der Waals surface area contributed by atoms with Gasteiger partial charge in [0.15, 0.2) is 11.5 Å². The molecule has 0 aliphatic carbocycles. The summed E-state index contributed by atoms with van der Waals surface area (Å²) in [6, 6.07) is 3.69. The Bertz CT molecular complexity index is 1510. The fraction of sp³-hybridized carbons (Fsp3) is 0. The molecular formula is C16H10Cl3N3O8S2. The third-order valence-corrected chi connectivity index (χ3v) is 7.01. The molecule has 3 rings (SSSR count). The Balaban J connectivity index is 2.35. The third-order valence-electron chi connectivity index (χ3n) is 4.15. The zero-order valence-corrected chi connectivity index (χ0v) is 19.1. The zero-order chi connectivity index (χ0) is 24.2. The fourth-order valence-electron chi connectivity index (χ4n) is 2.73. The van der Waals surface area contributed by atoms with E-state index in [1.54, 1.807) is 0 Å². The number of fused-ring (bicyclic) bond motifs is 1. The van der Waals surface area contributed by atoms with Crippen molar-refractivity contribution in [2.45, 2.75) is 9.79 Å². The average Bonchev–Trinajstić information content (AvgIpc) is 2.66. The molecule has 170 valence electrons. The molecule has 6 N–H and O–H groups in total. The van der Waals surface area contributed by atoms with Crippen LogP contribution in [0.5, 0.6) is 11.5 Å². The predicted molar refractivity (Wildman–Crippen MR) is 117 cm³/mol. The zero-order valence-electron chi connectivity index (χ0n) is 15.2. The summed E-state index contributed by atoms with van der Waals surface area (Å²) in [7, 11) is -10.1. The lowest BCUT2D eigenvalue weighted by atomic mass is 10.1. The number of rotatable bonds is 4. The van der Waals surface area contributed by atoms with Crippen LogP contribution in [0.15, 0.2) is 44.3 Å². The molecule has 0 aliphatic rings. The summed E-state index contributed by atoms with van der Waals surface area (Å²) in [4.78, 5) is -2.03. The number of phenolic OH excluding ortho intramolecular Hbond substituents is 2. The molecule has 11 nitrogen and oxygen atoms in total. The minimum Gasteiger partial charge on any atom is -0.505 e. The molecule has 32 heavy (non-hydrogen) atoms. The van der Waals surface area contributed by atoms with Gasteiger partial charge in [0.1, 0.15) is 21.2 Å². The maximum absolute atomic E-state index is 11.7. The van der Waals surface area contributed by atoms with E-state index in [-0.39, 0.29) is 31.8 Å². The second-order valence-corrected chi connectivity index (χ2v) is 10.1. The Morgan fingerprint density at radius 2 is 1.41 bits per heavy atom. The van der Waals surface area contributed by atoms with Gasteiger partial charge in [-0.25, -0.2) is 0 Å². The van der Waals surface area contributed by atoms with Crippen LogP contribution >= 0.6 is 34.8 Å². The van der Waals surface area contributed by atoms with Gasteiger partial charge in [-0.05, 0) is 18.2 Å². The number of nitrogens with two attached hydrogens (primary N) is 1. The summed E-state index contributed by atoms with van der Waals surface area (Å²) in [6.07, 6.45) is 0. The molecule has 0 bridgehead atoms. The molecule has 0 saturated heterocycles. The highest BCUT2D eigenvalue weighted by molar-refractivity contribution is 7.87. The molecule has 16 heteroatoms. The van der Waals surface area contributed by atoms with Gasteiger partial charge in [-0.1, -0.05) is 40.9 Å². The quantitative estimate of drug-likeness (QED) is 0.134. The van der Waals surface area contributed by atoms with Crippen LogP contribution in [0.25, 0.3) is 10.8 Å². The highest BCUT2D eigenvalue weighted by atomic mass is 35.5. The molecule has 0 atom stereocenters. The van der Waals surface area contributed by atoms with Crippen molar-refractivity contribution in [3.05, 3.63) is 39.3 Å². The van der Waals surface area contributed by atoms with Gasteiger partial charge < -0.3 is 15.9 Å². The summed E-state index contributed by atoms with van der Waals surface area (Å²) in [6.45, 7) is 0. The number of hydrogen-bond donors (Lipinski definition) is 5. The van der Waals surface area contributed by atoms with Crippen molar-refractivity contribution in [2.75, 3.05) is 5.73 Å². The predicted octanol–water partition coefficient (Wildman–Crippen LogP) is 4.70. The normalized spacial score (nSPS) is 12.7. The number of anilines is 1. The Kier molecular flexibility index (Phi) is 6.21. The van der Waals surface area contributed by atoms with Crippen LogP contribution in [0.3, 0.4) is 0 Å². The number of benzene rings is 3. The van der Waals surface area contributed by atoms with Crippen LogP contribution in [-0.2, 0) is 20.2 Å². The maximum Gasteiger partial charge on any atom is 0.296 e. The van der Waals surface area contributed by atoms with E-state index >= 15 is 0 Å². The first-order valence-corrected chi connectivity index (χ1v) is 12.0. The third kappa shape index (κ3) is 4.28. The van der Waals surface area contributed by atoms with Gasteiger partial charge in [0, 0.05) is 5.39 Å². The maximum atomic E-state index is 11.7. The molecule has 0 heterocycles. The van der Waals surface area contributed by atoms with Gasteiger partial charge in [0.25, 0.3) is 20.2 Å². The minimum absolute atomic E-state index is 0.0639. The summed E-state index contributed by atoms with van der Waals surface area (Å²) in [5.41, 5.74) is 4.27. The molecule has 0 fully saturated rings. The van der Waals surface area contributed by atoms with Gasteiger partial charge >= 0.3 is 0 Å². The summed E-state index contributed by atoms with van der Waals surface area (Å²) >= 11 is 17.6. The van der Waals surface area contributed by atoms with Crippen molar-refractivity contribution < 1.29 is 36.2 Å². The van der Waals surface area contributed by atoms with Crippen LogP contribution in [-0.4, -0.2) is 36.2 Å². The number of azo groups is 1. The highest BCUT2D eigenvalue weighted by Gasteiger charge is 2.26. The lowest BCUT2D eigenvalue weighted by Crippen LogP contribution is -2.08. The van der Waals surface area contributed by atoms with Gasteiger partial charge in [-0.15, -0.1) is 10.2 Å². The van der Waals surface area contributed by atoms with Crippen LogP contribution < -0.4 is 5.73 Å². The van der Waals surface area contributed by atoms with E-state index in [9.17, 15) is 36.2 Å². The number of aromatic hydroxyl groups is 2. The molecular weight excluding hydrogens is 533 g/mol. The van der Waals surface area contributed by atoms with Crippen molar-refractivity contribution in [3.63, 3.8) is 0 Å². The van der Waals surface area contributed by atoms with E-state index in [0.29, 0.717) is 6.07 Å². The van der Waals surface area contributed by atoms with E-state index < -0.39 is 52.6 Å². The number of nitrogen functional groups attached to an aromatic ring is 1. The summed E-state index contributed by atoms with van der Waals surface area (Å²) < 4.78 is 65.5. The van der Waals surface area contributed by atoms with Crippen molar-refractivity contribution in [1.82, 2.24) is 0 Å². The Hall–Kier alpha value is -2.39. The van der Waals surface area contributed by atoms with Crippen LogP contribution in [0.2, 0.25) is 15.1 Å². The van der Waals surface area contributed by atoms with E-state index in [4.69, 9.17) is 40.5 Å². The lowest BCUT2D eigenvalue weighted by molar-refractivity contribution is 0.475. The molecule has 0 spiro atoms. The molecule has 3 aromatic rings. The average molecular weight is 543 g/mol. The van der Waals surface area contributed by atoms with Crippen molar-refractivity contribution in [3.8, 4) is 11.5 Å². The standard InChI is InChI=1S/C16H10Cl3N3O8S2/c17-6-3-7(18)15(23)14(12(6)19)22-21-8-2-1-5-9(31(25,26)27)4-10(32(28,29)30)13(20)11(5)16(8)24/h1-4,23-24H,20H2,(H,25,26,27)(H,28,29,30). The number of phenols is 2. The molecule has 0 saturated carbocycles. The minimum atomic E-state index is -5.06. The van der Waals surface area contributed by atoms with Gasteiger partial charge in [0.05, 0.1) is 26.1 Å². The van der Waals surface area contributed by atoms with E-state index in [1.165, 1.54) is 0 Å². The number of hydrogen-bond acceptors (Lipinski definition) is 9. The van der Waals surface area contributed by atoms with Crippen molar-refractivity contribution >= 4 is 82.9 Å². The number of halogens is 3. The van der Waals surface area contributed by atoms with E-state index in [0.717, 1.165) is 18.2 Å². The largest absolute Gasteiger partial charge is 0.505 e. The van der Waals surface area contributed by atoms with Gasteiger partial charge in [-0.3, -0.25) is 9.11 Å². The molecule has 0 aliphatic heterocycles. The Morgan fingerprint density at radius 3 is 1.97 bits per heavy atom. The van der Waals surface area contributed by atoms with Gasteiger partial charge in [-0.2, -0.15) is 16.8 Å². The monoisotopic (exact) mass is 541 g/mol. The van der Waals surface area contributed by atoms with Crippen LogP contribution in [0, 0.1) is 0 Å². The fourth-order valence-corrected chi connectivity index (χ4v) is 4.80. The molecule has 0 amide bonds. The first-order chi connectivity index (χ1) is 14.6. The molecule has 0 unspecified atom stereocenters. The van der Waals surface area contributed by atoms with Crippen LogP contribution in [0.4, 0.5) is 17.1 Å². The van der Waals surface area contributed by atoms with Crippen molar-refractivity contribution in [2.24, 2.45) is 10.2 Å². The number of nitrogens with zero attached hydrogens (tertiary/aromatic N) is 2. The van der Waals surface area contributed by atoms with Crippen molar-refractivity contribution in [1.29, 1.82) is 0 Å². The molecule has 0 aromatic heterocycles. The molecule has 3 aromatic carbocycles. The highest BCUT2D eigenvalue weighted by Crippen LogP contribution is 2.47. The smallest absolute Gasteiger partial charge is 0.296 e. The first-order valence-electron chi connectivity index (χ1n) is 7.96. The Labute approximate surface area is 195 Å². The lowest BCUT2D eigenvalue weighted by Gasteiger charge is -2.13. The second kappa shape index (κ2) is 8.19.